The molecule has 1 aromatic carbocycles. The molecule has 1 heterocycles. The number of fused-ring (bicyclic) bond motifs is 1. The van der Waals surface area contributed by atoms with Crippen LogP contribution in [0.3, 0.4) is 0 Å². The number of benzene rings is 1. The second-order valence-corrected chi connectivity index (χ2v) is 5.11. The lowest BCUT2D eigenvalue weighted by Gasteiger charge is -2.28. The lowest BCUT2D eigenvalue weighted by Crippen LogP contribution is -2.36. The van der Waals surface area contributed by atoms with Crippen molar-refractivity contribution < 1.29 is 23.7 Å². The van der Waals surface area contributed by atoms with Gasteiger partial charge in [-0.05, 0) is 31.9 Å². The Labute approximate surface area is 117 Å². The molecule has 1 aliphatic rings. The Morgan fingerprint density at radius 2 is 2.25 bits per heavy atom. The summed E-state index contributed by atoms with van der Waals surface area (Å²) in [6.07, 6.45) is -1.24. The SMILES string of the molecule is CC(=O)c1cccc2c1OB(O)[C@@H](CC(=O)C(C)F)C2. The number of ketones is 2. The van der Waals surface area contributed by atoms with Gasteiger partial charge in [0.1, 0.15) is 5.75 Å². The Hall–Kier alpha value is -1.69. The molecule has 0 saturated carbocycles. The molecular weight excluding hydrogens is 262 g/mol. The number of rotatable bonds is 4. The second kappa shape index (κ2) is 5.75. The molecule has 4 nitrogen and oxygen atoms in total. The summed E-state index contributed by atoms with van der Waals surface area (Å²) in [5, 5.41) is 9.94. The van der Waals surface area contributed by atoms with Crippen LogP contribution in [0.15, 0.2) is 18.2 Å². The highest BCUT2D eigenvalue weighted by atomic mass is 19.1. The van der Waals surface area contributed by atoms with E-state index in [1.165, 1.54) is 13.8 Å². The molecule has 20 heavy (non-hydrogen) atoms. The van der Waals surface area contributed by atoms with Crippen molar-refractivity contribution in [2.24, 2.45) is 0 Å². The number of hydrogen-bond donors (Lipinski definition) is 1. The molecule has 0 spiro atoms. The number of para-hydroxylation sites is 1. The fraction of sp³-hybridized carbons (Fsp3) is 0.429. The third kappa shape index (κ3) is 2.90. The topological polar surface area (TPSA) is 63.6 Å². The summed E-state index contributed by atoms with van der Waals surface area (Å²) in [6.45, 7) is 2.60. The maximum atomic E-state index is 12.9. The van der Waals surface area contributed by atoms with Crippen molar-refractivity contribution in [3.63, 3.8) is 0 Å². The molecule has 0 aromatic heterocycles. The van der Waals surface area contributed by atoms with Gasteiger partial charge in [-0.3, -0.25) is 9.59 Å². The van der Waals surface area contributed by atoms with Crippen LogP contribution in [0.2, 0.25) is 5.82 Å². The minimum Gasteiger partial charge on any atom is -0.535 e. The van der Waals surface area contributed by atoms with E-state index in [1.807, 2.05) is 0 Å². The summed E-state index contributed by atoms with van der Waals surface area (Å²) >= 11 is 0. The molecule has 0 radical (unpaired) electrons. The molecular formula is C14H16BFO4. The number of alkyl halides is 1. The van der Waals surface area contributed by atoms with E-state index >= 15 is 0 Å². The lowest BCUT2D eigenvalue weighted by molar-refractivity contribution is -0.123. The third-order valence-electron chi connectivity index (χ3n) is 3.51. The highest BCUT2D eigenvalue weighted by Gasteiger charge is 2.37. The Kier molecular flexibility index (Phi) is 4.23. The summed E-state index contributed by atoms with van der Waals surface area (Å²) in [7, 11) is -1.20. The van der Waals surface area contributed by atoms with Gasteiger partial charge in [-0.1, -0.05) is 12.1 Å². The molecule has 1 N–H and O–H groups in total. The summed E-state index contributed by atoms with van der Waals surface area (Å²) in [5.74, 6) is -0.829. The maximum Gasteiger partial charge on any atom is 0.526 e. The molecule has 0 amide bonds. The molecule has 0 fully saturated rings. The van der Waals surface area contributed by atoms with E-state index in [4.69, 9.17) is 4.65 Å². The van der Waals surface area contributed by atoms with Crippen LogP contribution >= 0.6 is 0 Å². The average molecular weight is 278 g/mol. The number of halogens is 1. The maximum absolute atomic E-state index is 12.9. The van der Waals surface area contributed by atoms with Crippen molar-refractivity contribution in [2.45, 2.75) is 38.7 Å². The van der Waals surface area contributed by atoms with Gasteiger partial charge in [0, 0.05) is 12.2 Å². The van der Waals surface area contributed by atoms with E-state index in [-0.39, 0.29) is 12.2 Å². The van der Waals surface area contributed by atoms with Crippen molar-refractivity contribution in [3.8, 4) is 5.75 Å². The van der Waals surface area contributed by atoms with Gasteiger partial charge >= 0.3 is 7.12 Å². The van der Waals surface area contributed by atoms with Crippen molar-refractivity contribution in [2.75, 3.05) is 0 Å². The largest absolute Gasteiger partial charge is 0.535 e. The van der Waals surface area contributed by atoms with Crippen LogP contribution in [-0.2, 0) is 11.2 Å². The van der Waals surface area contributed by atoms with Crippen molar-refractivity contribution in [1.82, 2.24) is 0 Å². The Bertz CT molecular complexity index is 544. The predicted molar refractivity (Wildman–Crippen MR) is 72.7 cm³/mol. The van der Waals surface area contributed by atoms with Crippen LogP contribution in [0.4, 0.5) is 4.39 Å². The van der Waals surface area contributed by atoms with E-state index in [0.29, 0.717) is 17.7 Å². The Balaban J connectivity index is 2.24. The van der Waals surface area contributed by atoms with Crippen LogP contribution < -0.4 is 4.65 Å². The zero-order valence-corrected chi connectivity index (χ0v) is 11.4. The second-order valence-electron chi connectivity index (χ2n) is 5.11. The molecule has 2 rings (SSSR count). The summed E-state index contributed by atoms with van der Waals surface area (Å²) < 4.78 is 18.3. The van der Waals surface area contributed by atoms with Crippen LogP contribution in [0.25, 0.3) is 0 Å². The van der Waals surface area contributed by atoms with Crippen molar-refractivity contribution >= 4 is 18.7 Å². The van der Waals surface area contributed by atoms with E-state index in [0.717, 1.165) is 5.56 Å². The smallest absolute Gasteiger partial charge is 0.526 e. The quantitative estimate of drug-likeness (QED) is 0.675. The minimum atomic E-state index is -1.55. The normalized spacial score (nSPS) is 19.0. The molecule has 106 valence electrons. The highest BCUT2D eigenvalue weighted by Crippen LogP contribution is 2.36. The molecule has 1 aromatic rings. The molecule has 1 unspecified atom stereocenters. The van der Waals surface area contributed by atoms with Crippen LogP contribution in [0, 0.1) is 0 Å². The molecule has 0 aliphatic carbocycles. The van der Waals surface area contributed by atoms with Gasteiger partial charge in [-0.2, -0.15) is 0 Å². The van der Waals surface area contributed by atoms with Gasteiger partial charge < -0.3 is 9.68 Å². The van der Waals surface area contributed by atoms with Crippen molar-refractivity contribution in [3.05, 3.63) is 29.3 Å². The van der Waals surface area contributed by atoms with Crippen LogP contribution in [-0.4, -0.2) is 29.9 Å². The minimum absolute atomic E-state index is 0.0808. The zero-order valence-electron chi connectivity index (χ0n) is 11.4. The number of hydrogen-bond acceptors (Lipinski definition) is 4. The van der Waals surface area contributed by atoms with Crippen LogP contribution in [0.1, 0.15) is 36.2 Å². The third-order valence-corrected chi connectivity index (χ3v) is 3.51. The first-order chi connectivity index (χ1) is 9.40. The van der Waals surface area contributed by atoms with Gasteiger partial charge in [0.2, 0.25) is 0 Å². The standard InChI is InChI=1S/C14H16BFO4/c1-8(16)13(18)7-11-6-10-4-3-5-12(9(2)17)14(10)20-15(11)19/h3-5,8,11,19H,6-7H2,1-2H3/t8?,11-/m1/s1. The molecule has 2 atom stereocenters. The number of carbonyl (C=O) groups excluding carboxylic acids is 2. The molecule has 0 bridgehead atoms. The van der Waals surface area contributed by atoms with Crippen LogP contribution in [0.5, 0.6) is 5.75 Å². The van der Waals surface area contributed by atoms with E-state index in [9.17, 15) is 19.0 Å². The Morgan fingerprint density at radius 1 is 1.55 bits per heavy atom. The highest BCUT2D eigenvalue weighted by molar-refractivity contribution is 6.47. The van der Waals surface area contributed by atoms with Gasteiger partial charge in [0.15, 0.2) is 17.7 Å². The number of Topliss-reactive ketones (excluding diaryl/α,β-unsaturated/α-hetero) is 2. The van der Waals surface area contributed by atoms with Gasteiger partial charge in [0.05, 0.1) is 5.56 Å². The Morgan fingerprint density at radius 3 is 2.85 bits per heavy atom. The monoisotopic (exact) mass is 278 g/mol. The summed E-state index contributed by atoms with van der Waals surface area (Å²) in [4.78, 5) is 23.0. The average Bonchev–Trinajstić information content (AvgIpc) is 2.38. The lowest BCUT2D eigenvalue weighted by atomic mass is 9.64. The predicted octanol–water partition coefficient (Wildman–Crippen LogP) is 1.99. The first-order valence-corrected chi connectivity index (χ1v) is 6.54. The number of carbonyl (C=O) groups is 2. The molecule has 0 saturated heterocycles. The molecule has 6 heteroatoms. The zero-order chi connectivity index (χ0) is 14.9. The first kappa shape index (κ1) is 14.7. The van der Waals surface area contributed by atoms with E-state index in [1.54, 1.807) is 18.2 Å². The fourth-order valence-electron chi connectivity index (χ4n) is 2.36. The first-order valence-electron chi connectivity index (χ1n) is 6.54. The van der Waals surface area contributed by atoms with Gasteiger partial charge in [-0.15, -0.1) is 0 Å². The fourth-order valence-corrected chi connectivity index (χ4v) is 2.36. The summed E-state index contributed by atoms with van der Waals surface area (Å²) in [6, 6.07) is 5.14. The van der Waals surface area contributed by atoms with E-state index in [2.05, 4.69) is 0 Å². The van der Waals surface area contributed by atoms with Crippen molar-refractivity contribution in [1.29, 1.82) is 0 Å². The van der Waals surface area contributed by atoms with Gasteiger partial charge in [0.25, 0.3) is 0 Å². The molecule has 1 aliphatic heterocycles. The summed E-state index contributed by atoms with van der Waals surface area (Å²) in [5.41, 5.74) is 1.16. The van der Waals surface area contributed by atoms with Gasteiger partial charge in [-0.25, -0.2) is 4.39 Å². The van der Waals surface area contributed by atoms with E-state index < -0.39 is 24.9 Å².